The lowest BCUT2D eigenvalue weighted by molar-refractivity contribution is -0.119. The zero-order valence-corrected chi connectivity index (χ0v) is 17.3. The maximum absolute atomic E-state index is 13.2. The second-order valence-corrected chi connectivity index (χ2v) is 7.88. The Morgan fingerprint density at radius 3 is 2.61 bits per heavy atom. The summed E-state index contributed by atoms with van der Waals surface area (Å²) < 4.78 is 1.59. The SMILES string of the molecule is CCC[C@H](C)NC(=O)CSc1nc2ccccc2c(=O)n1-c1ccc(C)cc1. The van der Waals surface area contributed by atoms with Crippen molar-refractivity contribution in [3.8, 4) is 5.69 Å². The highest BCUT2D eigenvalue weighted by molar-refractivity contribution is 7.99. The van der Waals surface area contributed by atoms with Crippen LogP contribution in [0, 0.1) is 6.92 Å². The quantitative estimate of drug-likeness (QED) is 0.483. The number of carbonyl (C=O) groups excluding carboxylic acids is 1. The molecule has 0 aliphatic heterocycles. The molecule has 5 nitrogen and oxygen atoms in total. The van der Waals surface area contributed by atoms with Crippen LogP contribution in [0.1, 0.15) is 32.3 Å². The van der Waals surface area contributed by atoms with Crippen molar-refractivity contribution in [1.29, 1.82) is 0 Å². The minimum atomic E-state index is -0.128. The third-order valence-corrected chi connectivity index (χ3v) is 5.44. The first-order valence-corrected chi connectivity index (χ1v) is 10.5. The van der Waals surface area contributed by atoms with Gasteiger partial charge in [0.1, 0.15) is 0 Å². The van der Waals surface area contributed by atoms with Crippen molar-refractivity contribution in [2.45, 2.75) is 44.8 Å². The summed E-state index contributed by atoms with van der Waals surface area (Å²) >= 11 is 1.28. The van der Waals surface area contributed by atoms with Crippen LogP contribution in [0.2, 0.25) is 0 Å². The first-order valence-electron chi connectivity index (χ1n) is 9.50. The van der Waals surface area contributed by atoms with Crippen LogP contribution in [-0.4, -0.2) is 27.3 Å². The van der Waals surface area contributed by atoms with Crippen molar-refractivity contribution in [3.63, 3.8) is 0 Å². The van der Waals surface area contributed by atoms with Gasteiger partial charge in [0.25, 0.3) is 5.56 Å². The van der Waals surface area contributed by atoms with E-state index in [1.54, 1.807) is 10.6 Å². The highest BCUT2D eigenvalue weighted by Crippen LogP contribution is 2.21. The summed E-state index contributed by atoms with van der Waals surface area (Å²) in [5.41, 5.74) is 2.37. The van der Waals surface area contributed by atoms with Crippen molar-refractivity contribution in [1.82, 2.24) is 14.9 Å². The predicted molar refractivity (Wildman–Crippen MR) is 115 cm³/mol. The lowest BCUT2D eigenvalue weighted by atomic mass is 10.2. The Morgan fingerprint density at radius 2 is 1.89 bits per heavy atom. The van der Waals surface area contributed by atoms with E-state index in [1.807, 2.05) is 56.3 Å². The molecule has 0 aliphatic rings. The van der Waals surface area contributed by atoms with Gasteiger partial charge in [-0.05, 0) is 44.5 Å². The number of hydrogen-bond acceptors (Lipinski definition) is 4. The third-order valence-electron chi connectivity index (χ3n) is 4.50. The molecule has 1 atom stereocenters. The molecule has 3 rings (SSSR count). The van der Waals surface area contributed by atoms with E-state index in [-0.39, 0.29) is 23.3 Å². The van der Waals surface area contributed by atoms with Gasteiger partial charge in [-0.3, -0.25) is 14.2 Å². The second kappa shape index (κ2) is 9.06. The van der Waals surface area contributed by atoms with Gasteiger partial charge in [0.05, 0.1) is 22.3 Å². The number of amides is 1. The van der Waals surface area contributed by atoms with Gasteiger partial charge in [-0.2, -0.15) is 0 Å². The average Bonchev–Trinajstić information content (AvgIpc) is 2.68. The summed E-state index contributed by atoms with van der Waals surface area (Å²) in [6, 6.07) is 15.2. The normalized spacial score (nSPS) is 12.1. The molecular formula is C22H25N3O2S. The topological polar surface area (TPSA) is 64.0 Å². The zero-order chi connectivity index (χ0) is 20.1. The first-order chi connectivity index (χ1) is 13.5. The summed E-state index contributed by atoms with van der Waals surface area (Å²) in [4.78, 5) is 30.1. The number of hydrogen-bond donors (Lipinski definition) is 1. The molecule has 0 bridgehead atoms. The van der Waals surface area contributed by atoms with E-state index in [4.69, 9.17) is 0 Å². The van der Waals surface area contributed by atoms with Gasteiger partial charge in [0.15, 0.2) is 5.16 Å². The van der Waals surface area contributed by atoms with Crippen molar-refractivity contribution in [2.24, 2.45) is 0 Å². The van der Waals surface area contributed by atoms with E-state index < -0.39 is 0 Å². The van der Waals surface area contributed by atoms with Crippen molar-refractivity contribution < 1.29 is 4.79 Å². The molecule has 3 aromatic rings. The van der Waals surface area contributed by atoms with Crippen LogP contribution in [0.15, 0.2) is 58.5 Å². The van der Waals surface area contributed by atoms with E-state index in [0.29, 0.717) is 16.1 Å². The third kappa shape index (κ3) is 4.62. The molecule has 1 N–H and O–H groups in total. The van der Waals surface area contributed by atoms with Crippen molar-refractivity contribution in [2.75, 3.05) is 5.75 Å². The van der Waals surface area contributed by atoms with Gasteiger partial charge in [0.2, 0.25) is 5.91 Å². The Morgan fingerprint density at radius 1 is 1.18 bits per heavy atom. The summed E-state index contributed by atoms with van der Waals surface area (Å²) in [6.07, 6.45) is 1.96. The summed E-state index contributed by atoms with van der Waals surface area (Å²) in [5, 5.41) is 4.08. The number of fused-ring (bicyclic) bond motifs is 1. The van der Waals surface area contributed by atoms with Gasteiger partial charge in [-0.15, -0.1) is 0 Å². The van der Waals surface area contributed by atoms with Crippen LogP contribution in [-0.2, 0) is 4.79 Å². The number of nitrogens with one attached hydrogen (secondary N) is 1. The van der Waals surface area contributed by atoms with E-state index in [0.717, 1.165) is 24.1 Å². The maximum Gasteiger partial charge on any atom is 0.266 e. The highest BCUT2D eigenvalue weighted by atomic mass is 32.2. The molecule has 0 radical (unpaired) electrons. The zero-order valence-electron chi connectivity index (χ0n) is 16.4. The number of benzene rings is 2. The van der Waals surface area contributed by atoms with Crippen LogP contribution in [0.25, 0.3) is 16.6 Å². The van der Waals surface area contributed by atoms with Crippen LogP contribution in [0.3, 0.4) is 0 Å². The summed E-state index contributed by atoms with van der Waals surface area (Å²) in [6.45, 7) is 6.10. The monoisotopic (exact) mass is 395 g/mol. The molecular weight excluding hydrogens is 370 g/mol. The van der Waals surface area contributed by atoms with E-state index in [2.05, 4.69) is 17.2 Å². The highest BCUT2D eigenvalue weighted by Gasteiger charge is 2.15. The van der Waals surface area contributed by atoms with Crippen LogP contribution in [0.4, 0.5) is 0 Å². The van der Waals surface area contributed by atoms with E-state index in [9.17, 15) is 9.59 Å². The number of thioether (sulfide) groups is 1. The Balaban J connectivity index is 1.96. The van der Waals surface area contributed by atoms with Gasteiger partial charge in [-0.1, -0.05) is 54.9 Å². The van der Waals surface area contributed by atoms with Gasteiger partial charge < -0.3 is 5.32 Å². The number of rotatable bonds is 7. The van der Waals surface area contributed by atoms with Gasteiger partial charge >= 0.3 is 0 Å². The Hall–Kier alpha value is -2.60. The van der Waals surface area contributed by atoms with E-state index >= 15 is 0 Å². The fourth-order valence-electron chi connectivity index (χ4n) is 3.08. The summed E-state index contributed by atoms with van der Waals surface area (Å²) in [5.74, 6) is 0.161. The Kier molecular flexibility index (Phi) is 6.52. The molecule has 0 saturated carbocycles. The Labute approximate surface area is 169 Å². The fraction of sp³-hybridized carbons (Fsp3) is 0.318. The number of aryl methyl sites for hydroxylation is 1. The molecule has 2 aromatic carbocycles. The molecule has 1 amide bonds. The molecule has 0 spiro atoms. The molecule has 0 unspecified atom stereocenters. The Bertz CT molecular complexity index is 1030. The molecule has 0 aliphatic carbocycles. The standard InChI is InChI=1S/C22H25N3O2S/c1-4-7-16(3)23-20(26)14-28-22-24-19-9-6-5-8-18(19)21(27)25(22)17-12-10-15(2)11-13-17/h5-6,8-13,16H,4,7,14H2,1-3H3,(H,23,26)/t16-/m0/s1. The lowest BCUT2D eigenvalue weighted by Crippen LogP contribution is -2.34. The van der Waals surface area contributed by atoms with E-state index in [1.165, 1.54) is 11.8 Å². The molecule has 6 heteroatoms. The molecule has 0 saturated heterocycles. The molecule has 146 valence electrons. The van der Waals surface area contributed by atoms with Crippen LogP contribution >= 0.6 is 11.8 Å². The first kappa shape index (κ1) is 20.1. The second-order valence-electron chi connectivity index (χ2n) is 6.93. The van der Waals surface area contributed by atoms with Crippen LogP contribution < -0.4 is 10.9 Å². The molecule has 1 heterocycles. The predicted octanol–water partition coefficient (Wildman–Crippen LogP) is 4.09. The minimum Gasteiger partial charge on any atom is -0.353 e. The number of para-hydroxylation sites is 1. The molecule has 0 fully saturated rings. The minimum absolute atomic E-state index is 0.0520. The number of nitrogens with zero attached hydrogens (tertiary/aromatic N) is 2. The maximum atomic E-state index is 13.2. The van der Waals surface area contributed by atoms with Crippen molar-refractivity contribution >= 4 is 28.6 Å². The van der Waals surface area contributed by atoms with Gasteiger partial charge in [-0.25, -0.2) is 4.98 Å². The molecule has 1 aromatic heterocycles. The lowest BCUT2D eigenvalue weighted by Gasteiger charge is -2.15. The summed E-state index contributed by atoms with van der Waals surface area (Å²) in [7, 11) is 0. The largest absolute Gasteiger partial charge is 0.353 e. The number of aromatic nitrogens is 2. The smallest absolute Gasteiger partial charge is 0.266 e. The fourth-order valence-corrected chi connectivity index (χ4v) is 3.91. The van der Waals surface area contributed by atoms with Crippen molar-refractivity contribution in [3.05, 3.63) is 64.4 Å². The molecule has 28 heavy (non-hydrogen) atoms. The van der Waals surface area contributed by atoms with Gasteiger partial charge in [0, 0.05) is 6.04 Å². The van der Waals surface area contributed by atoms with Crippen LogP contribution in [0.5, 0.6) is 0 Å². The average molecular weight is 396 g/mol. The number of carbonyl (C=O) groups is 1.